The fourth-order valence-electron chi connectivity index (χ4n) is 4.91. The summed E-state index contributed by atoms with van der Waals surface area (Å²) in [5.41, 5.74) is -1.84. The van der Waals surface area contributed by atoms with Crippen LogP contribution in [0.1, 0.15) is 64.2 Å². The zero-order chi connectivity index (χ0) is 26.5. The SMILES string of the molecule is O=S(NS(=O)(=O)c1ccc(Nc2cc(NC3CCCCC3)cc(NC3CCCCC3)c2)cc1)C(F)(F)F. The second-order valence-corrected chi connectivity index (χ2v) is 12.9. The molecule has 2 aliphatic carbocycles. The smallest absolute Gasteiger partial charge is 0.382 e. The number of halogens is 3. The summed E-state index contributed by atoms with van der Waals surface area (Å²) in [6.45, 7) is 0. The van der Waals surface area contributed by atoms with E-state index in [-0.39, 0.29) is 0 Å². The van der Waals surface area contributed by atoms with Gasteiger partial charge in [0.2, 0.25) is 11.0 Å². The minimum atomic E-state index is -5.19. The van der Waals surface area contributed by atoms with Gasteiger partial charge in [0.15, 0.2) is 0 Å². The summed E-state index contributed by atoms with van der Waals surface area (Å²) < 4.78 is 74.3. The molecule has 1 unspecified atom stereocenters. The van der Waals surface area contributed by atoms with Crippen molar-refractivity contribution in [2.45, 2.75) is 86.7 Å². The predicted octanol–water partition coefficient (Wildman–Crippen LogP) is 6.38. The van der Waals surface area contributed by atoms with Crippen molar-refractivity contribution in [1.82, 2.24) is 4.13 Å². The van der Waals surface area contributed by atoms with E-state index >= 15 is 0 Å². The minimum absolute atomic E-state index is 0.414. The molecule has 2 aromatic rings. The van der Waals surface area contributed by atoms with Crippen molar-refractivity contribution >= 4 is 43.8 Å². The fraction of sp³-hybridized carbons (Fsp3) is 0.520. The van der Waals surface area contributed by atoms with Crippen molar-refractivity contribution in [2.24, 2.45) is 0 Å². The van der Waals surface area contributed by atoms with Crippen LogP contribution >= 0.6 is 0 Å². The molecule has 12 heteroatoms. The molecule has 0 heterocycles. The highest BCUT2D eigenvalue weighted by Crippen LogP contribution is 2.31. The second-order valence-electron chi connectivity index (χ2n) is 9.71. The topological polar surface area (TPSA) is 99.3 Å². The summed E-state index contributed by atoms with van der Waals surface area (Å²) in [6.07, 6.45) is 11.9. The van der Waals surface area contributed by atoms with Crippen molar-refractivity contribution in [2.75, 3.05) is 16.0 Å². The molecule has 1 atom stereocenters. The van der Waals surface area contributed by atoms with Crippen LogP contribution in [0.4, 0.5) is 35.9 Å². The predicted molar refractivity (Wildman–Crippen MR) is 142 cm³/mol. The highest BCUT2D eigenvalue weighted by Gasteiger charge is 2.40. The molecule has 7 nitrogen and oxygen atoms in total. The lowest BCUT2D eigenvalue weighted by molar-refractivity contribution is -0.0389. The van der Waals surface area contributed by atoms with E-state index in [0.29, 0.717) is 17.8 Å². The number of sulfonamides is 1. The molecule has 4 N–H and O–H groups in total. The molecule has 2 aliphatic rings. The minimum Gasteiger partial charge on any atom is -0.382 e. The number of hydrogen-bond acceptors (Lipinski definition) is 6. The summed E-state index contributed by atoms with van der Waals surface area (Å²) in [5.74, 6) is 0. The summed E-state index contributed by atoms with van der Waals surface area (Å²) in [6, 6.07) is 12.2. The molecular weight excluding hydrogens is 525 g/mol. The van der Waals surface area contributed by atoms with Gasteiger partial charge in [-0.25, -0.2) is 12.6 Å². The maximum absolute atomic E-state index is 12.5. The number of alkyl halides is 3. The molecule has 204 valence electrons. The molecule has 37 heavy (non-hydrogen) atoms. The van der Waals surface area contributed by atoms with Crippen molar-refractivity contribution in [3.63, 3.8) is 0 Å². The van der Waals surface area contributed by atoms with E-state index in [4.69, 9.17) is 0 Å². The van der Waals surface area contributed by atoms with Gasteiger partial charge in [-0.3, -0.25) is 0 Å². The van der Waals surface area contributed by atoms with Gasteiger partial charge in [0, 0.05) is 34.8 Å². The highest BCUT2D eigenvalue weighted by atomic mass is 32.3. The van der Waals surface area contributed by atoms with Crippen LogP contribution in [0.3, 0.4) is 0 Å². The fourth-order valence-corrected chi connectivity index (χ4v) is 6.97. The average molecular weight is 559 g/mol. The molecule has 4 rings (SSSR count). The highest BCUT2D eigenvalue weighted by molar-refractivity contribution is 8.02. The Morgan fingerprint density at radius 3 is 1.62 bits per heavy atom. The Hall–Kier alpha value is -2.31. The average Bonchev–Trinajstić information content (AvgIpc) is 2.85. The Balaban J connectivity index is 1.50. The zero-order valence-corrected chi connectivity index (χ0v) is 22.1. The molecular formula is C25H33F3N4O3S2. The number of rotatable bonds is 9. The molecule has 0 bridgehead atoms. The van der Waals surface area contributed by atoms with Crippen LogP contribution in [0.25, 0.3) is 0 Å². The van der Waals surface area contributed by atoms with Crippen molar-refractivity contribution in [3.8, 4) is 0 Å². The summed E-state index contributed by atoms with van der Waals surface area (Å²) in [7, 11) is -8.32. The van der Waals surface area contributed by atoms with Gasteiger partial charge in [0.1, 0.15) is 0 Å². The van der Waals surface area contributed by atoms with Gasteiger partial charge in [-0.1, -0.05) is 38.5 Å². The van der Waals surface area contributed by atoms with E-state index in [1.165, 1.54) is 62.8 Å². The third-order valence-corrected chi connectivity index (χ3v) is 9.53. The van der Waals surface area contributed by atoms with E-state index in [1.807, 2.05) is 12.1 Å². The number of anilines is 4. The maximum atomic E-state index is 12.5. The van der Waals surface area contributed by atoms with Crippen LogP contribution in [0.2, 0.25) is 0 Å². The Morgan fingerprint density at radius 2 is 1.16 bits per heavy atom. The van der Waals surface area contributed by atoms with E-state index in [9.17, 15) is 25.8 Å². The van der Waals surface area contributed by atoms with Gasteiger partial charge < -0.3 is 16.0 Å². The van der Waals surface area contributed by atoms with Gasteiger partial charge in [-0.05, 0) is 68.1 Å². The largest absolute Gasteiger partial charge is 0.486 e. The lowest BCUT2D eigenvalue weighted by Crippen LogP contribution is -2.34. The van der Waals surface area contributed by atoms with Gasteiger partial charge in [0.25, 0.3) is 10.0 Å². The Bertz CT molecular complexity index is 1140. The maximum Gasteiger partial charge on any atom is 0.486 e. The van der Waals surface area contributed by atoms with Gasteiger partial charge >= 0.3 is 5.51 Å². The third-order valence-electron chi connectivity index (χ3n) is 6.73. The van der Waals surface area contributed by atoms with E-state index in [2.05, 4.69) is 22.0 Å². The molecule has 2 fully saturated rings. The Morgan fingerprint density at radius 1 is 0.703 bits per heavy atom. The first-order chi connectivity index (χ1) is 17.6. The third kappa shape index (κ3) is 8.08. The summed E-state index contributed by atoms with van der Waals surface area (Å²) in [5, 5.41) is 10.6. The molecule has 0 aromatic heterocycles. The lowest BCUT2D eigenvalue weighted by atomic mass is 9.95. The summed E-state index contributed by atoms with van der Waals surface area (Å²) >= 11 is 0. The number of nitrogens with one attached hydrogen (secondary N) is 4. The van der Waals surface area contributed by atoms with Crippen LogP contribution in [0.5, 0.6) is 0 Å². The monoisotopic (exact) mass is 558 g/mol. The van der Waals surface area contributed by atoms with Gasteiger partial charge in [-0.2, -0.15) is 13.2 Å². The van der Waals surface area contributed by atoms with Crippen LogP contribution < -0.4 is 20.1 Å². The first-order valence-electron chi connectivity index (χ1n) is 12.6. The standard InChI is InChI=1S/C25H33F3N4O3S2/c26-25(27,28)36(33)32-37(34,35)24-13-11-20(12-14-24)31-23-16-21(29-18-7-3-1-4-8-18)15-22(17-23)30-19-9-5-2-6-10-19/h11-19,29-32H,1-10H2. The molecule has 0 spiro atoms. The molecule has 2 aromatic carbocycles. The van der Waals surface area contributed by atoms with Crippen molar-refractivity contribution < 1.29 is 25.8 Å². The van der Waals surface area contributed by atoms with Gasteiger partial charge in [0.05, 0.1) is 4.90 Å². The van der Waals surface area contributed by atoms with Crippen molar-refractivity contribution in [3.05, 3.63) is 42.5 Å². The van der Waals surface area contributed by atoms with Crippen LogP contribution in [0.15, 0.2) is 47.4 Å². The first kappa shape index (κ1) is 27.7. The second kappa shape index (κ2) is 12.0. The normalized spacial score (nSPS) is 18.8. The van der Waals surface area contributed by atoms with E-state index in [0.717, 1.165) is 46.9 Å². The molecule has 0 saturated heterocycles. The lowest BCUT2D eigenvalue weighted by Gasteiger charge is -2.27. The quantitative estimate of drug-likeness (QED) is 0.285. The van der Waals surface area contributed by atoms with Crippen LogP contribution in [0, 0.1) is 0 Å². The molecule has 0 aliphatic heterocycles. The summed E-state index contributed by atoms with van der Waals surface area (Å²) in [4.78, 5) is -0.414. The zero-order valence-electron chi connectivity index (χ0n) is 20.4. The van der Waals surface area contributed by atoms with E-state index in [1.54, 1.807) is 0 Å². The Labute approximate surface area is 218 Å². The molecule has 0 amide bonds. The van der Waals surface area contributed by atoms with Crippen LogP contribution in [-0.4, -0.2) is 30.2 Å². The van der Waals surface area contributed by atoms with E-state index < -0.39 is 31.4 Å². The number of benzene rings is 2. The van der Waals surface area contributed by atoms with Crippen LogP contribution in [-0.2, 0) is 21.0 Å². The Kier molecular flexibility index (Phi) is 9.02. The van der Waals surface area contributed by atoms with Crippen molar-refractivity contribution in [1.29, 1.82) is 0 Å². The number of hydrogen-bond donors (Lipinski definition) is 4. The molecule has 2 saturated carbocycles. The molecule has 0 radical (unpaired) electrons. The first-order valence-corrected chi connectivity index (χ1v) is 15.3. The van der Waals surface area contributed by atoms with Gasteiger partial charge in [-0.15, -0.1) is 4.13 Å².